The third-order valence-corrected chi connectivity index (χ3v) is 2.33. The first-order valence-electron chi connectivity index (χ1n) is 5.56. The van der Waals surface area contributed by atoms with Crippen LogP contribution in [-0.4, -0.2) is 12.5 Å². The van der Waals surface area contributed by atoms with E-state index in [1.54, 1.807) is 0 Å². The molecular formula is C12H19NO2. The highest BCUT2D eigenvalue weighted by Crippen LogP contribution is 2.16. The van der Waals surface area contributed by atoms with Crippen LogP contribution in [0.5, 0.6) is 0 Å². The third kappa shape index (κ3) is 3.11. The Bertz CT molecular complexity index is 328. The number of carbonyl (C=O) groups excluding carboxylic acids is 1. The van der Waals surface area contributed by atoms with E-state index in [0.29, 0.717) is 17.9 Å². The SMILES string of the molecule is CCCCc1cc(C(=O)NCC)c(C)o1. The van der Waals surface area contributed by atoms with Gasteiger partial charge in [0.25, 0.3) is 5.91 Å². The van der Waals surface area contributed by atoms with Gasteiger partial charge in [-0.25, -0.2) is 0 Å². The van der Waals surface area contributed by atoms with Gasteiger partial charge >= 0.3 is 0 Å². The summed E-state index contributed by atoms with van der Waals surface area (Å²) in [4.78, 5) is 11.6. The van der Waals surface area contributed by atoms with E-state index in [4.69, 9.17) is 4.42 Å². The zero-order valence-corrected chi connectivity index (χ0v) is 9.72. The quantitative estimate of drug-likeness (QED) is 0.810. The second kappa shape index (κ2) is 5.59. The van der Waals surface area contributed by atoms with Crippen LogP contribution in [0.2, 0.25) is 0 Å². The summed E-state index contributed by atoms with van der Waals surface area (Å²) in [5.41, 5.74) is 0.669. The number of unbranched alkanes of at least 4 members (excludes halogenated alkanes) is 1. The summed E-state index contributed by atoms with van der Waals surface area (Å²) in [6.07, 6.45) is 3.15. The molecule has 0 aliphatic carbocycles. The Labute approximate surface area is 90.9 Å². The molecule has 0 aliphatic rings. The van der Waals surface area contributed by atoms with Crippen molar-refractivity contribution >= 4 is 5.91 Å². The molecule has 1 heterocycles. The molecule has 0 spiro atoms. The van der Waals surface area contributed by atoms with Crippen LogP contribution < -0.4 is 5.32 Å². The number of amides is 1. The van der Waals surface area contributed by atoms with Crippen molar-refractivity contribution < 1.29 is 9.21 Å². The van der Waals surface area contributed by atoms with Gasteiger partial charge in [-0.05, 0) is 26.3 Å². The molecule has 0 aromatic carbocycles. The van der Waals surface area contributed by atoms with Gasteiger partial charge in [0, 0.05) is 13.0 Å². The average Bonchev–Trinajstić information content (AvgIpc) is 2.57. The van der Waals surface area contributed by atoms with Crippen molar-refractivity contribution in [3.8, 4) is 0 Å². The number of rotatable bonds is 5. The Morgan fingerprint density at radius 3 is 2.80 bits per heavy atom. The monoisotopic (exact) mass is 209 g/mol. The van der Waals surface area contributed by atoms with E-state index >= 15 is 0 Å². The number of carbonyl (C=O) groups is 1. The smallest absolute Gasteiger partial charge is 0.254 e. The maximum atomic E-state index is 11.6. The second-order valence-corrected chi connectivity index (χ2v) is 3.65. The molecule has 0 aliphatic heterocycles. The lowest BCUT2D eigenvalue weighted by atomic mass is 10.2. The number of nitrogens with one attached hydrogen (secondary N) is 1. The van der Waals surface area contributed by atoms with Crippen LogP contribution in [-0.2, 0) is 6.42 Å². The number of hydrogen-bond donors (Lipinski definition) is 1. The molecule has 1 N–H and O–H groups in total. The first kappa shape index (κ1) is 11.8. The van der Waals surface area contributed by atoms with E-state index < -0.39 is 0 Å². The van der Waals surface area contributed by atoms with Crippen molar-refractivity contribution in [3.05, 3.63) is 23.2 Å². The number of aryl methyl sites for hydroxylation is 2. The molecule has 1 aromatic rings. The molecule has 15 heavy (non-hydrogen) atoms. The average molecular weight is 209 g/mol. The van der Waals surface area contributed by atoms with Crippen molar-refractivity contribution in [2.45, 2.75) is 40.0 Å². The Morgan fingerprint density at radius 1 is 1.47 bits per heavy atom. The molecule has 3 heteroatoms. The fraction of sp³-hybridized carbons (Fsp3) is 0.583. The van der Waals surface area contributed by atoms with Crippen LogP contribution in [0, 0.1) is 6.92 Å². The normalized spacial score (nSPS) is 10.3. The minimum absolute atomic E-state index is 0.0403. The van der Waals surface area contributed by atoms with Gasteiger partial charge in [0.15, 0.2) is 0 Å². The van der Waals surface area contributed by atoms with Gasteiger partial charge in [0.1, 0.15) is 11.5 Å². The molecular weight excluding hydrogens is 190 g/mol. The van der Waals surface area contributed by atoms with Crippen LogP contribution in [0.15, 0.2) is 10.5 Å². The van der Waals surface area contributed by atoms with E-state index in [0.717, 1.165) is 25.0 Å². The summed E-state index contributed by atoms with van der Waals surface area (Å²) in [5.74, 6) is 1.59. The highest BCUT2D eigenvalue weighted by molar-refractivity contribution is 5.95. The summed E-state index contributed by atoms with van der Waals surface area (Å²) in [6, 6.07) is 1.86. The largest absolute Gasteiger partial charge is 0.466 e. The first-order valence-corrected chi connectivity index (χ1v) is 5.56. The molecule has 3 nitrogen and oxygen atoms in total. The van der Waals surface area contributed by atoms with Crippen molar-refractivity contribution in [2.75, 3.05) is 6.54 Å². The summed E-state index contributed by atoms with van der Waals surface area (Å²) in [7, 11) is 0. The predicted molar refractivity (Wildman–Crippen MR) is 60.1 cm³/mol. The highest BCUT2D eigenvalue weighted by atomic mass is 16.3. The topological polar surface area (TPSA) is 42.2 Å². The Hall–Kier alpha value is -1.25. The molecule has 0 atom stereocenters. The van der Waals surface area contributed by atoms with Gasteiger partial charge in [-0.3, -0.25) is 4.79 Å². The number of hydrogen-bond acceptors (Lipinski definition) is 2. The van der Waals surface area contributed by atoms with Crippen molar-refractivity contribution in [3.63, 3.8) is 0 Å². The Kier molecular flexibility index (Phi) is 4.40. The summed E-state index contributed by atoms with van der Waals surface area (Å²) < 4.78 is 5.52. The molecule has 0 radical (unpaired) electrons. The highest BCUT2D eigenvalue weighted by Gasteiger charge is 2.13. The van der Waals surface area contributed by atoms with Gasteiger partial charge < -0.3 is 9.73 Å². The van der Waals surface area contributed by atoms with E-state index in [1.165, 1.54) is 0 Å². The summed E-state index contributed by atoms with van der Waals surface area (Å²) in [6.45, 7) is 6.53. The van der Waals surface area contributed by atoms with Crippen LogP contribution in [0.3, 0.4) is 0 Å². The molecule has 1 rings (SSSR count). The van der Waals surface area contributed by atoms with Crippen molar-refractivity contribution in [1.29, 1.82) is 0 Å². The minimum Gasteiger partial charge on any atom is -0.466 e. The third-order valence-electron chi connectivity index (χ3n) is 2.33. The zero-order valence-electron chi connectivity index (χ0n) is 9.72. The Balaban J connectivity index is 2.72. The minimum atomic E-state index is -0.0403. The van der Waals surface area contributed by atoms with Crippen LogP contribution in [0.25, 0.3) is 0 Å². The van der Waals surface area contributed by atoms with E-state index in [1.807, 2.05) is 19.9 Å². The van der Waals surface area contributed by atoms with E-state index in [9.17, 15) is 4.79 Å². The maximum absolute atomic E-state index is 11.6. The van der Waals surface area contributed by atoms with Gasteiger partial charge in [-0.1, -0.05) is 13.3 Å². The molecule has 0 fully saturated rings. The molecule has 0 bridgehead atoms. The van der Waals surface area contributed by atoms with Gasteiger partial charge in [0.05, 0.1) is 5.56 Å². The fourth-order valence-corrected chi connectivity index (χ4v) is 1.50. The van der Waals surface area contributed by atoms with E-state index in [2.05, 4.69) is 12.2 Å². The predicted octanol–water partition coefficient (Wildman–Crippen LogP) is 2.68. The van der Waals surface area contributed by atoms with Gasteiger partial charge in [0.2, 0.25) is 0 Å². The summed E-state index contributed by atoms with van der Waals surface area (Å²) >= 11 is 0. The lowest BCUT2D eigenvalue weighted by molar-refractivity contribution is 0.0954. The molecule has 0 saturated heterocycles. The first-order chi connectivity index (χ1) is 7.19. The van der Waals surface area contributed by atoms with Crippen molar-refractivity contribution in [1.82, 2.24) is 5.32 Å². The second-order valence-electron chi connectivity index (χ2n) is 3.65. The van der Waals surface area contributed by atoms with Gasteiger partial charge in [-0.15, -0.1) is 0 Å². The van der Waals surface area contributed by atoms with Crippen LogP contribution in [0.1, 0.15) is 48.6 Å². The molecule has 0 saturated carbocycles. The van der Waals surface area contributed by atoms with Gasteiger partial charge in [-0.2, -0.15) is 0 Å². The molecule has 84 valence electrons. The Morgan fingerprint density at radius 2 is 2.20 bits per heavy atom. The molecule has 1 amide bonds. The lowest BCUT2D eigenvalue weighted by Gasteiger charge is -1.98. The van der Waals surface area contributed by atoms with E-state index in [-0.39, 0.29) is 5.91 Å². The maximum Gasteiger partial charge on any atom is 0.254 e. The lowest BCUT2D eigenvalue weighted by Crippen LogP contribution is -2.22. The molecule has 0 unspecified atom stereocenters. The zero-order chi connectivity index (χ0) is 11.3. The standard InChI is InChI=1S/C12H19NO2/c1-4-6-7-10-8-11(9(3)15-10)12(14)13-5-2/h8H,4-7H2,1-3H3,(H,13,14). The van der Waals surface area contributed by atoms with Crippen LogP contribution >= 0.6 is 0 Å². The van der Waals surface area contributed by atoms with Crippen molar-refractivity contribution in [2.24, 2.45) is 0 Å². The fourth-order valence-electron chi connectivity index (χ4n) is 1.50. The number of furan rings is 1. The molecule has 1 aromatic heterocycles. The summed E-state index contributed by atoms with van der Waals surface area (Å²) in [5, 5.41) is 2.77. The van der Waals surface area contributed by atoms with Crippen LogP contribution in [0.4, 0.5) is 0 Å².